The first-order chi connectivity index (χ1) is 12.4. The molecule has 0 unspecified atom stereocenters. The molecule has 0 aliphatic carbocycles. The third kappa shape index (κ3) is 3.88. The van der Waals surface area contributed by atoms with Crippen molar-refractivity contribution >= 4 is 17.7 Å². The molecule has 0 radical (unpaired) electrons. The fraction of sp³-hybridized carbons (Fsp3) is 0.412. The average molecular weight is 385 g/mol. The summed E-state index contributed by atoms with van der Waals surface area (Å²) in [7, 11) is 0. The largest absolute Gasteiger partial charge is 0.435 e. The van der Waals surface area contributed by atoms with E-state index in [1.54, 1.807) is 12.1 Å². The monoisotopic (exact) mass is 385 g/mol. The Hall–Kier alpha value is -2.00. The minimum atomic E-state index is -4.52. The molecule has 0 bridgehead atoms. The number of thioether (sulfide) groups is 1. The van der Waals surface area contributed by atoms with Crippen molar-refractivity contribution in [3.63, 3.8) is 0 Å². The molecule has 0 spiro atoms. The van der Waals surface area contributed by atoms with Gasteiger partial charge in [0.15, 0.2) is 5.69 Å². The highest BCUT2D eigenvalue weighted by Crippen LogP contribution is 2.34. The van der Waals surface area contributed by atoms with Crippen LogP contribution in [0.25, 0.3) is 0 Å². The molecule has 3 rings (SSSR count). The number of hydrogen-bond donors (Lipinski definition) is 1. The summed E-state index contributed by atoms with van der Waals surface area (Å²) >= 11 is 1.46. The van der Waals surface area contributed by atoms with Crippen LogP contribution in [0.1, 0.15) is 27.3 Å². The van der Waals surface area contributed by atoms with Gasteiger partial charge in [-0.1, -0.05) is 12.1 Å². The number of carbonyl (C=O) groups excluding carboxylic acids is 1. The smallest absolute Gasteiger partial charge is 0.376 e. The predicted octanol–water partition coefficient (Wildman–Crippen LogP) is 3.13. The van der Waals surface area contributed by atoms with E-state index in [0.717, 1.165) is 4.90 Å². The summed E-state index contributed by atoms with van der Waals surface area (Å²) in [6, 6.07) is 7.18. The molecule has 2 aromatic rings. The van der Waals surface area contributed by atoms with Gasteiger partial charge in [0.25, 0.3) is 5.91 Å². The SMILES string of the molecule is CSc1ccccc1C(=O)NCCn1nc(C(F)(F)F)c2c1CCOC2. The number of nitrogens with zero attached hydrogens (tertiary/aromatic N) is 2. The molecule has 1 N–H and O–H groups in total. The number of nitrogens with one attached hydrogen (secondary N) is 1. The molecular formula is C17H18F3N3O2S. The van der Waals surface area contributed by atoms with E-state index >= 15 is 0 Å². The van der Waals surface area contributed by atoms with E-state index in [2.05, 4.69) is 10.4 Å². The Morgan fingerprint density at radius 1 is 1.38 bits per heavy atom. The minimum Gasteiger partial charge on any atom is -0.376 e. The van der Waals surface area contributed by atoms with Crippen LogP contribution in [-0.4, -0.2) is 35.1 Å². The number of fused-ring (bicyclic) bond motifs is 1. The maximum Gasteiger partial charge on any atom is 0.435 e. The molecule has 1 aromatic carbocycles. The molecule has 1 aliphatic heterocycles. The van der Waals surface area contributed by atoms with Gasteiger partial charge in [-0.3, -0.25) is 9.48 Å². The number of carbonyl (C=O) groups is 1. The van der Waals surface area contributed by atoms with Gasteiger partial charge in [0.1, 0.15) is 0 Å². The van der Waals surface area contributed by atoms with Gasteiger partial charge >= 0.3 is 6.18 Å². The summed E-state index contributed by atoms with van der Waals surface area (Å²) in [6.45, 7) is 0.639. The molecule has 1 amide bonds. The Bertz CT molecular complexity index is 805. The number of hydrogen-bond acceptors (Lipinski definition) is 4. The van der Waals surface area contributed by atoms with Crippen LogP contribution in [0.15, 0.2) is 29.2 Å². The molecule has 26 heavy (non-hydrogen) atoms. The lowest BCUT2D eigenvalue weighted by atomic mass is 10.1. The molecule has 1 aliphatic rings. The lowest BCUT2D eigenvalue weighted by molar-refractivity contribution is -0.142. The average Bonchev–Trinajstić information content (AvgIpc) is 3.01. The zero-order chi connectivity index (χ0) is 18.7. The Morgan fingerprint density at radius 3 is 2.88 bits per heavy atom. The van der Waals surface area contributed by atoms with Crippen LogP contribution in [0.3, 0.4) is 0 Å². The summed E-state index contributed by atoms with van der Waals surface area (Å²) in [6.07, 6.45) is -2.26. The lowest BCUT2D eigenvalue weighted by Crippen LogP contribution is -2.28. The fourth-order valence-corrected chi connectivity index (χ4v) is 3.52. The lowest BCUT2D eigenvalue weighted by Gasteiger charge is -2.15. The van der Waals surface area contributed by atoms with Crippen molar-refractivity contribution in [2.24, 2.45) is 0 Å². The van der Waals surface area contributed by atoms with E-state index in [1.807, 2.05) is 18.4 Å². The van der Waals surface area contributed by atoms with E-state index < -0.39 is 11.9 Å². The first kappa shape index (κ1) is 18.8. The molecule has 1 aromatic heterocycles. The second kappa shape index (κ2) is 7.71. The van der Waals surface area contributed by atoms with E-state index in [0.29, 0.717) is 24.3 Å². The number of halogens is 3. The zero-order valence-electron chi connectivity index (χ0n) is 14.1. The second-order valence-corrected chi connectivity index (χ2v) is 6.60. The van der Waals surface area contributed by atoms with Gasteiger partial charge in [-0.25, -0.2) is 0 Å². The topological polar surface area (TPSA) is 56.2 Å². The normalized spacial score (nSPS) is 14.2. The van der Waals surface area contributed by atoms with E-state index in [-0.39, 0.29) is 31.2 Å². The van der Waals surface area contributed by atoms with Crippen LogP contribution in [0, 0.1) is 0 Å². The highest BCUT2D eigenvalue weighted by atomic mass is 32.2. The van der Waals surface area contributed by atoms with Gasteiger partial charge in [0.05, 0.1) is 25.3 Å². The Kier molecular flexibility index (Phi) is 5.57. The molecular weight excluding hydrogens is 367 g/mol. The van der Waals surface area contributed by atoms with Crippen LogP contribution in [0.4, 0.5) is 13.2 Å². The Morgan fingerprint density at radius 2 is 2.15 bits per heavy atom. The van der Waals surface area contributed by atoms with Crippen LogP contribution < -0.4 is 5.32 Å². The van der Waals surface area contributed by atoms with Crippen molar-refractivity contribution in [1.82, 2.24) is 15.1 Å². The third-order valence-corrected chi connectivity index (χ3v) is 4.92. The van der Waals surface area contributed by atoms with Crippen LogP contribution in [0.2, 0.25) is 0 Å². The zero-order valence-corrected chi connectivity index (χ0v) is 14.9. The summed E-state index contributed by atoms with van der Waals surface area (Å²) in [4.78, 5) is 13.2. The Labute approximate surface area is 152 Å². The maximum absolute atomic E-state index is 13.1. The van der Waals surface area contributed by atoms with Crippen LogP contribution >= 0.6 is 11.8 Å². The molecule has 0 fully saturated rings. The fourth-order valence-electron chi connectivity index (χ4n) is 2.92. The molecule has 140 valence electrons. The molecule has 2 heterocycles. The van der Waals surface area contributed by atoms with Crippen LogP contribution in [0.5, 0.6) is 0 Å². The van der Waals surface area contributed by atoms with Gasteiger partial charge in [-0.15, -0.1) is 11.8 Å². The van der Waals surface area contributed by atoms with Crippen molar-refractivity contribution in [2.45, 2.75) is 30.6 Å². The molecule has 0 atom stereocenters. The van der Waals surface area contributed by atoms with Crippen molar-refractivity contribution in [3.05, 3.63) is 46.8 Å². The van der Waals surface area contributed by atoms with E-state index in [4.69, 9.17) is 4.74 Å². The number of benzene rings is 1. The quantitative estimate of drug-likeness (QED) is 0.804. The molecule has 0 saturated heterocycles. The van der Waals surface area contributed by atoms with Gasteiger partial charge in [-0.05, 0) is 18.4 Å². The van der Waals surface area contributed by atoms with Gasteiger partial charge in [-0.2, -0.15) is 18.3 Å². The van der Waals surface area contributed by atoms with E-state index in [1.165, 1.54) is 16.4 Å². The van der Waals surface area contributed by atoms with Gasteiger partial charge in [0, 0.05) is 29.1 Å². The number of alkyl halides is 3. The third-order valence-electron chi connectivity index (χ3n) is 4.13. The van der Waals surface area contributed by atoms with Gasteiger partial charge < -0.3 is 10.1 Å². The minimum absolute atomic E-state index is 0.0857. The highest BCUT2D eigenvalue weighted by molar-refractivity contribution is 7.98. The number of amides is 1. The summed E-state index contributed by atoms with van der Waals surface area (Å²) in [5, 5.41) is 6.47. The molecule has 0 saturated carbocycles. The summed E-state index contributed by atoms with van der Waals surface area (Å²) < 4.78 is 45.9. The molecule has 9 heteroatoms. The first-order valence-corrected chi connectivity index (χ1v) is 9.29. The number of aromatic nitrogens is 2. The predicted molar refractivity (Wildman–Crippen MR) is 91.1 cm³/mol. The van der Waals surface area contributed by atoms with Crippen molar-refractivity contribution < 1.29 is 22.7 Å². The maximum atomic E-state index is 13.1. The van der Waals surface area contributed by atoms with Crippen molar-refractivity contribution in [1.29, 1.82) is 0 Å². The Balaban J connectivity index is 1.70. The van der Waals surface area contributed by atoms with E-state index in [9.17, 15) is 18.0 Å². The first-order valence-electron chi connectivity index (χ1n) is 8.06. The second-order valence-electron chi connectivity index (χ2n) is 5.75. The standard InChI is InChI=1S/C17H18F3N3O2S/c1-26-14-5-3-2-4-11(14)16(24)21-7-8-23-13-6-9-25-10-12(13)15(22-23)17(18,19)20/h2-5H,6-10H2,1H3,(H,21,24). The number of rotatable bonds is 5. The molecule has 5 nitrogen and oxygen atoms in total. The summed E-state index contributed by atoms with van der Waals surface area (Å²) in [5.74, 6) is -0.254. The highest BCUT2D eigenvalue weighted by Gasteiger charge is 2.39. The summed E-state index contributed by atoms with van der Waals surface area (Å²) in [5.41, 5.74) is 0.281. The van der Waals surface area contributed by atoms with Crippen LogP contribution in [-0.2, 0) is 30.5 Å². The van der Waals surface area contributed by atoms with Gasteiger partial charge in [0.2, 0.25) is 0 Å². The van der Waals surface area contributed by atoms with Crippen molar-refractivity contribution in [3.8, 4) is 0 Å². The van der Waals surface area contributed by atoms with Crippen molar-refractivity contribution in [2.75, 3.05) is 19.4 Å². The number of ether oxygens (including phenoxy) is 1.